The summed E-state index contributed by atoms with van der Waals surface area (Å²) in [5.74, 6) is 1.27. The van der Waals surface area contributed by atoms with Crippen molar-refractivity contribution in [1.82, 2.24) is 9.80 Å². The first-order valence-electron chi connectivity index (χ1n) is 8.55. The number of likely N-dealkylation sites (tertiary alicyclic amines) is 2. The molecule has 1 saturated carbocycles. The Bertz CT molecular complexity index is 404. The van der Waals surface area contributed by atoms with E-state index in [9.17, 15) is 9.90 Å². The predicted molar refractivity (Wildman–Crippen MR) is 82.9 cm³/mol. The highest BCUT2D eigenvalue weighted by molar-refractivity contribution is 5.80. The molecule has 3 unspecified atom stereocenters. The largest absolute Gasteiger partial charge is 0.392 e. The molecular formula is C17H30N2O2. The van der Waals surface area contributed by atoms with Gasteiger partial charge in [-0.25, -0.2) is 0 Å². The van der Waals surface area contributed by atoms with Crippen LogP contribution in [-0.4, -0.2) is 59.1 Å². The Balaban J connectivity index is 1.51. The molecule has 0 spiro atoms. The van der Waals surface area contributed by atoms with Gasteiger partial charge >= 0.3 is 0 Å². The van der Waals surface area contributed by atoms with Crippen LogP contribution in [0, 0.1) is 17.3 Å². The van der Waals surface area contributed by atoms with E-state index < -0.39 is 0 Å². The van der Waals surface area contributed by atoms with E-state index in [1.165, 1.54) is 6.42 Å². The molecule has 4 nitrogen and oxygen atoms in total. The van der Waals surface area contributed by atoms with Crippen molar-refractivity contribution in [3.8, 4) is 0 Å². The molecule has 2 saturated heterocycles. The van der Waals surface area contributed by atoms with Crippen molar-refractivity contribution in [2.75, 3.05) is 26.2 Å². The zero-order valence-electron chi connectivity index (χ0n) is 13.7. The molecule has 4 heteroatoms. The third kappa shape index (κ3) is 3.26. The highest BCUT2D eigenvalue weighted by atomic mass is 16.3. The highest BCUT2D eigenvalue weighted by Gasteiger charge is 2.42. The number of carbonyl (C=O) groups is 1. The van der Waals surface area contributed by atoms with Gasteiger partial charge in [-0.3, -0.25) is 9.69 Å². The Morgan fingerprint density at radius 3 is 2.48 bits per heavy atom. The minimum absolute atomic E-state index is 0.158. The van der Waals surface area contributed by atoms with E-state index in [1.807, 2.05) is 4.90 Å². The third-order valence-corrected chi connectivity index (χ3v) is 5.62. The fourth-order valence-corrected chi connectivity index (χ4v) is 4.76. The maximum Gasteiger partial charge on any atom is 0.225 e. The van der Waals surface area contributed by atoms with Gasteiger partial charge in [0.25, 0.3) is 0 Å². The summed E-state index contributed by atoms with van der Waals surface area (Å²) >= 11 is 0. The summed E-state index contributed by atoms with van der Waals surface area (Å²) in [6.45, 7) is 10.4. The van der Waals surface area contributed by atoms with E-state index in [0.29, 0.717) is 23.3 Å². The van der Waals surface area contributed by atoms with Crippen LogP contribution in [0.25, 0.3) is 0 Å². The molecule has 1 N–H and O–H groups in total. The zero-order chi connectivity index (χ0) is 15.2. The standard InChI is InChI=1S/C17H30N2O2/c1-12-6-13(8-17(2,3)7-12)16(21)19-9-14(10-19)18-5-4-15(20)11-18/h12-15,20H,4-11H2,1-3H3. The van der Waals surface area contributed by atoms with Gasteiger partial charge < -0.3 is 10.0 Å². The normalized spacial score (nSPS) is 37.5. The lowest BCUT2D eigenvalue weighted by Gasteiger charge is -2.47. The Morgan fingerprint density at radius 2 is 1.90 bits per heavy atom. The number of amides is 1. The second-order valence-electron chi connectivity index (χ2n) is 8.44. The van der Waals surface area contributed by atoms with E-state index in [0.717, 1.165) is 45.4 Å². The monoisotopic (exact) mass is 294 g/mol. The molecule has 0 aromatic heterocycles. The SMILES string of the molecule is CC1CC(C(=O)N2CC(N3CCC(O)C3)C2)CC(C)(C)C1. The van der Waals surface area contributed by atoms with Gasteiger partial charge in [-0.2, -0.15) is 0 Å². The van der Waals surface area contributed by atoms with Gasteiger partial charge in [0.2, 0.25) is 5.91 Å². The third-order valence-electron chi connectivity index (χ3n) is 5.62. The molecule has 3 rings (SSSR count). The maximum atomic E-state index is 12.7. The van der Waals surface area contributed by atoms with Crippen LogP contribution in [0.15, 0.2) is 0 Å². The lowest BCUT2D eigenvalue weighted by atomic mass is 9.67. The summed E-state index contributed by atoms with van der Waals surface area (Å²) < 4.78 is 0. The van der Waals surface area contributed by atoms with Gasteiger partial charge in [0.1, 0.15) is 0 Å². The molecule has 2 aliphatic heterocycles. The molecule has 0 aromatic carbocycles. The number of rotatable bonds is 2. The number of hydrogen-bond acceptors (Lipinski definition) is 3. The second kappa shape index (κ2) is 5.54. The van der Waals surface area contributed by atoms with Crippen molar-refractivity contribution in [3.63, 3.8) is 0 Å². The Labute approximate surface area is 128 Å². The minimum atomic E-state index is -0.158. The molecule has 0 bridgehead atoms. The summed E-state index contributed by atoms with van der Waals surface area (Å²) in [5.41, 5.74) is 0.307. The summed E-state index contributed by atoms with van der Waals surface area (Å²) in [4.78, 5) is 17.1. The quantitative estimate of drug-likeness (QED) is 0.843. The summed E-state index contributed by atoms with van der Waals surface area (Å²) in [6.07, 6.45) is 4.07. The number of carbonyl (C=O) groups excluding carboxylic acids is 1. The molecule has 3 aliphatic rings. The molecule has 0 aromatic rings. The van der Waals surface area contributed by atoms with Crippen molar-refractivity contribution in [3.05, 3.63) is 0 Å². The fraction of sp³-hybridized carbons (Fsp3) is 0.941. The van der Waals surface area contributed by atoms with Crippen LogP contribution >= 0.6 is 0 Å². The zero-order valence-corrected chi connectivity index (χ0v) is 13.7. The van der Waals surface area contributed by atoms with Gasteiger partial charge in [0.15, 0.2) is 0 Å². The molecule has 3 fully saturated rings. The first-order valence-corrected chi connectivity index (χ1v) is 8.55. The molecular weight excluding hydrogens is 264 g/mol. The Kier molecular flexibility index (Phi) is 4.04. The molecule has 3 atom stereocenters. The molecule has 120 valence electrons. The van der Waals surface area contributed by atoms with Crippen LogP contribution in [0.1, 0.15) is 46.5 Å². The van der Waals surface area contributed by atoms with Crippen LogP contribution in [0.4, 0.5) is 0 Å². The summed E-state index contributed by atoms with van der Waals surface area (Å²) in [6, 6.07) is 0.486. The van der Waals surface area contributed by atoms with Gasteiger partial charge in [0, 0.05) is 38.1 Å². The smallest absolute Gasteiger partial charge is 0.225 e. The van der Waals surface area contributed by atoms with Crippen molar-refractivity contribution >= 4 is 5.91 Å². The fourth-order valence-electron chi connectivity index (χ4n) is 4.76. The average Bonchev–Trinajstić information content (AvgIpc) is 2.70. The lowest BCUT2D eigenvalue weighted by Crippen LogP contribution is -2.62. The van der Waals surface area contributed by atoms with Gasteiger partial charge in [-0.1, -0.05) is 20.8 Å². The molecule has 21 heavy (non-hydrogen) atoms. The van der Waals surface area contributed by atoms with Crippen LogP contribution in [-0.2, 0) is 4.79 Å². The second-order valence-corrected chi connectivity index (χ2v) is 8.44. The molecule has 1 aliphatic carbocycles. The van der Waals surface area contributed by atoms with Crippen molar-refractivity contribution in [1.29, 1.82) is 0 Å². The van der Waals surface area contributed by atoms with Gasteiger partial charge in [-0.15, -0.1) is 0 Å². The maximum absolute atomic E-state index is 12.7. The van der Waals surface area contributed by atoms with E-state index in [-0.39, 0.29) is 12.0 Å². The number of aliphatic hydroxyl groups excluding tert-OH is 1. The summed E-state index contributed by atoms with van der Waals surface area (Å²) in [7, 11) is 0. The minimum Gasteiger partial charge on any atom is -0.392 e. The number of hydrogen-bond donors (Lipinski definition) is 1. The Hall–Kier alpha value is -0.610. The van der Waals surface area contributed by atoms with Crippen molar-refractivity contribution < 1.29 is 9.90 Å². The van der Waals surface area contributed by atoms with Crippen LogP contribution < -0.4 is 0 Å². The van der Waals surface area contributed by atoms with Crippen LogP contribution in [0.5, 0.6) is 0 Å². The van der Waals surface area contributed by atoms with Crippen LogP contribution in [0.3, 0.4) is 0 Å². The number of β-amino-alcohol motifs (C(OH)–C–C–N with tert-alkyl or cyclic N) is 1. The topological polar surface area (TPSA) is 43.8 Å². The molecule has 0 radical (unpaired) electrons. The van der Waals surface area contributed by atoms with Gasteiger partial charge in [0.05, 0.1) is 6.10 Å². The average molecular weight is 294 g/mol. The van der Waals surface area contributed by atoms with E-state index in [1.54, 1.807) is 0 Å². The Morgan fingerprint density at radius 1 is 1.19 bits per heavy atom. The number of nitrogens with zero attached hydrogens (tertiary/aromatic N) is 2. The van der Waals surface area contributed by atoms with E-state index >= 15 is 0 Å². The van der Waals surface area contributed by atoms with Crippen molar-refractivity contribution in [2.24, 2.45) is 17.3 Å². The summed E-state index contributed by atoms with van der Waals surface area (Å²) in [5, 5.41) is 9.61. The van der Waals surface area contributed by atoms with E-state index in [2.05, 4.69) is 25.7 Å². The van der Waals surface area contributed by atoms with Crippen LogP contribution in [0.2, 0.25) is 0 Å². The predicted octanol–water partition coefficient (Wildman–Crippen LogP) is 1.73. The van der Waals surface area contributed by atoms with Crippen molar-refractivity contribution in [2.45, 2.75) is 58.6 Å². The lowest BCUT2D eigenvalue weighted by molar-refractivity contribution is -0.146. The van der Waals surface area contributed by atoms with E-state index in [4.69, 9.17) is 0 Å². The molecule has 2 heterocycles. The molecule has 1 amide bonds. The first-order chi connectivity index (χ1) is 9.84. The van der Waals surface area contributed by atoms with Gasteiger partial charge in [-0.05, 0) is 37.0 Å². The highest BCUT2D eigenvalue weighted by Crippen LogP contribution is 2.42. The number of aliphatic hydroxyl groups is 1. The first kappa shape index (κ1) is 15.3.